The number of nitrogens with one attached hydrogen (secondary N) is 2. The van der Waals surface area contributed by atoms with Crippen molar-refractivity contribution in [2.24, 2.45) is 0 Å². The first-order valence-electron chi connectivity index (χ1n) is 9.05. The number of furan rings is 2. The van der Waals surface area contributed by atoms with Crippen LogP contribution in [-0.4, -0.2) is 21.1 Å². The van der Waals surface area contributed by atoms with Crippen LogP contribution in [0.4, 0.5) is 5.69 Å². The molecule has 1 unspecified atom stereocenters. The second-order valence-electron chi connectivity index (χ2n) is 6.23. The summed E-state index contributed by atoms with van der Waals surface area (Å²) in [6.45, 7) is 1.97. The van der Waals surface area contributed by atoms with Gasteiger partial charge in [-0.05, 0) is 55.0 Å². The topological polar surface area (TPSA) is 84.1 Å². The van der Waals surface area contributed by atoms with Gasteiger partial charge in [0, 0.05) is 10.2 Å². The maximum atomic E-state index is 12.8. The molecule has 0 saturated heterocycles. The number of anilines is 1. The average Bonchev–Trinajstić information content (AvgIpc) is 3.47. The lowest BCUT2D eigenvalue weighted by Crippen LogP contribution is -2.24. The fraction of sp³-hybridized carbons (Fsp3) is 0.143. The lowest BCUT2D eigenvalue weighted by molar-refractivity contribution is -0.115. The zero-order valence-corrected chi connectivity index (χ0v) is 17.9. The summed E-state index contributed by atoms with van der Waals surface area (Å²) in [4.78, 5) is 20.7. The number of nitrogens with zero attached hydrogens (tertiary/aromatic N) is 1. The summed E-state index contributed by atoms with van der Waals surface area (Å²) in [7, 11) is 0. The van der Waals surface area contributed by atoms with E-state index in [1.54, 1.807) is 12.5 Å². The Kier molecular flexibility index (Phi) is 5.92. The van der Waals surface area contributed by atoms with E-state index < -0.39 is 0 Å². The zero-order chi connectivity index (χ0) is 20.2. The number of thioether (sulfide) groups is 1. The molecule has 0 spiro atoms. The highest BCUT2D eigenvalue weighted by molar-refractivity contribution is 9.10. The molecule has 0 radical (unpaired) electrons. The number of amides is 1. The van der Waals surface area contributed by atoms with Crippen molar-refractivity contribution in [3.8, 4) is 22.9 Å². The van der Waals surface area contributed by atoms with E-state index in [0.717, 1.165) is 15.9 Å². The van der Waals surface area contributed by atoms with E-state index in [1.165, 1.54) is 11.8 Å². The van der Waals surface area contributed by atoms with Gasteiger partial charge in [-0.2, -0.15) is 0 Å². The summed E-state index contributed by atoms with van der Waals surface area (Å²) in [6.07, 6.45) is 3.86. The Morgan fingerprint density at radius 2 is 1.83 bits per heavy atom. The molecule has 0 aliphatic carbocycles. The molecular weight excluding hydrogens is 454 g/mol. The molecule has 1 atom stereocenters. The van der Waals surface area contributed by atoms with E-state index in [9.17, 15) is 4.79 Å². The van der Waals surface area contributed by atoms with Crippen LogP contribution in [0.15, 0.2) is 79.5 Å². The summed E-state index contributed by atoms with van der Waals surface area (Å²) >= 11 is 4.77. The van der Waals surface area contributed by atoms with Crippen LogP contribution < -0.4 is 5.32 Å². The standard InChI is InChI=1S/C21H18BrN3O3S/c1-2-17(20(26)23-14-9-7-13(22)8-10-14)29-21-24-18(15-5-3-11-27-15)19(25-21)16-6-4-12-28-16/h3-12,17H,2H2,1H3,(H,23,26)(H,24,25). The van der Waals surface area contributed by atoms with Crippen molar-refractivity contribution >= 4 is 39.3 Å². The number of benzene rings is 1. The summed E-state index contributed by atoms with van der Waals surface area (Å²) in [6, 6.07) is 14.8. The highest BCUT2D eigenvalue weighted by Crippen LogP contribution is 2.35. The van der Waals surface area contributed by atoms with Crippen LogP contribution in [0.1, 0.15) is 13.3 Å². The molecule has 1 amide bonds. The normalized spacial score (nSPS) is 12.1. The SMILES string of the molecule is CCC(Sc1nc(-c2ccco2)c(-c2ccco2)[nH]1)C(=O)Nc1ccc(Br)cc1. The number of carbonyl (C=O) groups excluding carboxylic acids is 1. The summed E-state index contributed by atoms with van der Waals surface area (Å²) < 4.78 is 12.0. The van der Waals surface area contributed by atoms with E-state index in [1.807, 2.05) is 55.5 Å². The molecule has 6 nitrogen and oxygen atoms in total. The van der Waals surface area contributed by atoms with E-state index >= 15 is 0 Å². The fourth-order valence-electron chi connectivity index (χ4n) is 2.81. The molecule has 148 valence electrons. The van der Waals surface area contributed by atoms with Crippen LogP contribution >= 0.6 is 27.7 Å². The molecule has 3 heterocycles. The molecule has 0 fully saturated rings. The minimum Gasteiger partial charge on any atom is -0.463 e. The Morgan fingerprint density at radius 3 is 2.45 bits per heavy atom. The van der Waals surface area contributed by atoms with Gasteiger partial charge in [0.2, 0.25) is 5.91 Å². The maximum absolute atomic E-state index is 12.8. The quantitative estimate of drug-likeness (QED) is 0.313. The van der Waals surface area contributed by atoms with Crippen molar-refractivity contribution in [3.05, 3.63) is 65.5 Å². The predicted octanol–water partition coefficient (Wildman–Crippen LogP) is 6.20. The van der Waals surface area contributed by atoms with Gasteiger partial charge in [0.05, 0.1) is 17.8 Å². The van der Waals surface area contributed by atoms with Gasteiger partial charge in [-0.25, -0.2) is 4.98 Å². The first-order chi connectivity index (χ1) is 14.1. The van der Waals surface area contributed by atoms with Crippen molar-refractivity contribution in [2.45, 2.75) is 23.8 Å². The molecule has 1 aromatic carbocycles. The van der Waals surface area contributed by atoms with Crippen molar-refractivity contribution in [2.75, 3.05) is 5.32 Å². The van der Waals surface area contributed by atoms with E-state index in [0.29, 0.717) is 28.8 Å². The van der Waals surface area contributed by atoms with Crippen molar-refractivity contribution in [1.29, 1.82) is 0 Å². The number of H-pyrrole nitrogens is 1. The lowest BCUT2D eigenvalue weighted by Gasteiger charge is -2.13. The first-order valence-corrected chi connectivity index (χ1v) is 10.7. The molecule has 2 N–H and O–H groups in total. The maximum Gasteiger partial charge on any atom is 0.237 e. The van der Waals surface area contributed by atoms with Gasteiger partial charge in [0.25, 0.3) is 0 Å². The number of aromatic nitrogens is 2. The van der Waals surface area contributed by atoms with Gasteiger partial charge in [0.1, 0.15) is 11.4 Å². The van der Waals surface area contributed by atoms with Gasteiger partial charge in [0.15, 0.2) is 16.7 Å². The number of imidazole rings is 1. The summed E-state index contributed by atoms with van der Waals surface area (Å²) in [5.74, 6) is 1.21. The Hall–Kier alpha value is -2.71. The molecular formula is C21H18BrN3O3S. The third-order valence-electron chi connectivity index (χ3n) is 4.23. The second-order valence-corrected chi connectivity index (χ2v) is 8.34. The lowest BCUT2D eigenvalue weighted by atomic mass is 10.2. The Bertz CT molecular complexity index is 1020. The van der Waals surface area contributed by atoms with E-state index in [2.05, 4.69) is 31.2 Å². The van der Waals surface area contributed by atoms with Crippen LogP contribution in [0.5, 0.6) is 0 Å². The highest BCUT2D eigenvalue weighted by atomic mass is 79.9. The predicted molar refractivity (Wildman–Crippen MR) is 117 cm³/mol. The summed E-state index contributed by atoms with van der Waals surface area (Å²) in [5.41, 5.74) is 2.12. The van der Waals surface area contributed by atoms with Crippen LogP contribution in [0.2, 0.25) is 0 Å². The van der Waals surface area contributed by atoms with Crippen molar-refractivity contribution in [3.63, 3.8) is 0 Å². The minimum atomic E-state index is -0.307. The van der Waals surface area contributed by atoms with Crippen molar-refractivity contribution in [1.82, 2.24) is 9.97 Å². The Labute approximate surface area is 180 Å². The largest absolute Gasteiger partial charge is 0.463 e. The molecule has 4 aromatic rings. The average molecular weight is 472 g/mol. The molecule has 0 bridgehead atoms. The molecule has 0 saturated carbocycles. The van der Waals surface area contributed by atoms with Gasteiger partial charge in [-0.3, -0.25) is 4.79 Å². The van der Waals surface area contributed by atoms with E-state index in [4.69, 9.17) is 8.83 Å². The molecule has 29 heavy (non-hydrogen) atoms. The van der Waals surface area contributed by atoms with Crippen molar-refractivity contribution < 1.29 is 13.6 Å². The number of carbonyl (C=O) groups is 1. The second kappa shape index (κ2) is 8.75. The number of aromatic amines is 1. The van der Waals surface area contributed by atoms with Crippen LogP contribution in [0.3, 0.4) is 0 Å². The van der Waals surface area contributed by atoms with Gasteiger partial charge in [-0.15, -0.1) is 0 Å². The highest BCUT2D eigenvalue weighted by Gasteiger charge is 2.23. The molecule has 8 heteroatoms. The summed E-state index contributed by atoms with van der Waals surface area (Å²) in [5, 5.41) is 3.28. The molecule has 0 aliphatic heterocycles. The number of halogens is 1. The zero-order valence-electron chi connectivity index (χ0n) is 15.5. The molecule has 4 rings (SSSR count). The Balaban J connectivity index is 1.56. The smallest absolute Gasteiger partial charge is 0.237 e. The van der Waals surface area contributed by atoms with Gasteiger partial charge < -0.3 is 19.1 Å². The number of hydrogen-bond acceptors (Lipinski definition) is 5. The number of hydrogen-bond donors (Lipinski definition) is 2. The van der Waals surface area contributed by atoms with Crippen LogP contribution in [0, 0.1) is 0 Å². The number of rotatable bonds is 7. The minimum absolute atomic E-state index is 0.0738. The van der Waals surface area contributed by atoms with Crippen LogP contribution in [0.25, 0.3) is 22.9 Å². The monoisotopic (exact) mass is 471 g/mol. The molecule has 3 aromatic heterocycles. The van der Waals surface area contributed by atoms with E-state index in [-0.39, 0.29) is 11.2 Å². The molecule has 0 aliphatic rings. The third kappa shape index (κ3) is 4.49. The van der Waals surface area contributed by atoms with Gasteiger partial charge in [-0.1, -0.05) is 34.6 Å². The van der Waals surface area contributed by atoms with Gasteiger partial charge >= 0.3 is 0 Å². The first kappa shape index (κ1) is 19.6. The van der Waals surface area contributed by atoms with Crippen LogP contribution in [-0.2, 0) is 4.79 Å². The fourth-order valence-corrected chi connectivity index (χ4v) is 3.98. The Morgan fingerprint density at radius 1 is 1.14 bits per heavy atom. The third-order valence-corrected chi connectivity index (χ3v) is 6.01.